The first kappa shape index (κ1) is 11.8. The highest BCUT2D eigenvalue weighted by Gasteiger charge is 2.33. The molecular formula is C11H19NO4. The molecule has 0 spiro atoms. The Morgan fingerprint density at radius 2 is 2.31 bits per heavy atom. The zero-order valence-electron chi connectivity index (χ0n) is 9.35. The lowest BCUT2D eigenvalue weighted by atomic mass is 10.0. The Balaban J connectivity index is 1.72. The van der Waals surface area contributed by atoms with Crippen LogP contribution in [0.25, 0.3) is 0 Å². The Labute approximate surface area is 95.1 Å². The maximum atomic E-state index is 10.4. The van der Waals surface area contributed by atoms with Gasteiger partial charge >= 0.3 is 5.97 Å². The summed E-state index contributed by atoms with van der Waals surface area (Å²) in [7, 11) is 0. The quantitative estimate of drug-likeness (QED) is 0.744. The van der Waals surface area contributed by atoms with Crippen LogP contribution >= 0.6 is 0 Å². The minimum Gasteiger partial charge on any atom is -0.481 e. The van der Waals surface area contributed by atoms with Gasteiger partial charge in [-0.25, -0.2) is 0 Å². The van der Waals surface area contributed by atoms with E-state index in [2.05, 4.69) is 5.32 Å². The number of piperidine rings is 1. The number of hydrogen-bond donors (Lipinski definition) is 2. The zero-order valence-corrected chi connectivity index (χ0v) is 9.35. The normalized spacial score (nSPS) is 35.1. The summed E-state index contributed by atoms with van der Waals surface area (Å²) in [6.45, 7) is 1.55. The molecule has 3 atom stereocenters. The summed E-state index contributed by atoms with van der Waals surface area (Å²) in [6, 6.07) is 0.281. The van der Waals surface area contributed by atoms with E-state index in [0.717, 1.165) is 13.0 Å². The summed E-state index contributed by atoms with van der Waals surface area (Å²) < 4.78 is 11.3. The fourth-order valence-corrected chi connectivity index (χ4v) is 2.23. The van der Waals surface area contributed by atoms with Crippen molar-refractivity contribution in [3.8, 4) is 0 Å². The zero-order chi connectivity index (χ0) is 11.4. The monoisotopic (exact) mass is 229 g/mol. The van der Waals surface area contributed by atoms with Crippen LogP contribution in [-0.4, -0.2) is 42.7 Å². The van der Waals surface area contributed by atoms with Crippen LogP contribution < -0.4 is 5.32 Å². The molecule has 2 rings (SSSR count). The maximum Gasteiger partial charge on any atom is 0.303 e. The molecule has 0 saturated carbocycles. The fourth-order valence-electron chi connectivity index (χ4n) is 2.23. The number of hydrogen-bond acceptors (Lipinski definition) is 4. The van der Waals surface area contributed by atoms with Crippen LogP contribution in [0.15, 0.2) is 0 Å². The van der Waals surface area contributed by atoms with Crippen molar-refractivity contribution in [1.29, 1.82) is 0 Å². The number of nitrogens with one attached hydrogen (secondary N) is 1. The molecular weight excluding hydrogens is 210 g/mol. The van der Waals surface area contributed by atoms with Crippen molar-refractivity contribution >= 4 is 5.97 Å². The molecule has 0 aromatic heterocycles. The van der Waals surface area contributed by atoms with Crippen molar-refractivity contribution in [2.45, 2.75) is 50.5 Å². The van der Waals surface area contributed by atoms with E-state index in [-0.39, 0.29) is 24.9 Å². The van der Waals surface area contributed by atoms with E-state index in [1.807, 2.05) is 0 Å². The molecule has 0 radical (unpaired) electrons. The maximum absolute atomic E-state index is 10.4. The van der Waals surface area contributed by atoms with Gasteiger partial charge in [-0.05, 0) is 25.8 Å². The van der Waals surface area contributed by atoms with Crippen LogP contribution in [0.2, 0.25) is 0 Å². The van der Waals surface area contributed by atoms with E-state index in [4.69, 9.17) is 14.6 Å². The van der Waals surface area contributed by atoms with Crippen LogP contribution in [0, 0.1) is 0 Å². The van der Waals surface area contributed by atoms with Crippen molar-refractivity contribution in [2.24, 2.45) is 0 Å². The van der Waals surface area contributed by atoms with Gasteiger partial charge in [0.15, 0.2) is 6.29 Å². The Bertz CT molecular complexity index is 240. The highest BCUT2D eigenvalue weighted by atomic mass is 16.7. The molecule has 16 heavy (non-hydrogen) atoms. The largest absolute Gasteiger partial charge is 0.481 e. The van der Waals surface area contributed by atoms with Crippen LogP contribution in [0.4, 0.5) is 0 Å². The summed E-state index contributed by atoms with van der Waals surface area (Å²) in [5.74, 6) is -0.775. The van der Waals surface area contributed by atoms with Crippen LogP contribution in [0.3, 0.4) is 0 Å². The van der Waals surface area contributed by atoms with Gasteiger partial charge < -0.3 is 19.9 Å². The van der Waals surface area contributed by atoms with Gasteiger partial charge in [0, 0.05) is 6.42 Å². The summed E-state index contributed by atoms with van der Waals surface area (Å²) >= 11 is 0. The van der Waals surface area contributed by atoms with Crippen molar-refractivity contribution in [2.75, 3.05) is 13.2 Å². The van der Waals surface area contributed by atoms with Crippen molar-refractivity contribution < 1.29 is 19.4 Å². The van der Waals surface area contributed by atoms with Gasteiger partial charge in [-0.15, -0.1) is 0 Å². The first-order chi connectivity index (χ1) is 7.75. The van der Waals surface area contributed by atoms with Gasteiger partial charge in [0.2, 0.25) is 0 Å². The van der Waals surface area contributed by atoms with Gasteiger partial charge in [-0.2, -0.15) is 0 Å². The van der Waals surface area contributed by atoms with E-state index in [9.17, 15) is 4.79 Å². The first-order valence-electron chi connectivity index (χ1n) is 5.98. The minimum absolute atomic E-state index is 0.0511. The second kappa shape index (κ2) is 5.61. The Kier molecular flexibility index (Phi) is 4.15. The summed E-state index contributed by atoms with van der Waals surface area (Å²) in [5, 5.41) is 12.0. The smallest absolute Gasteiger partial charge is 0.303 e. The molecule has 5 heteroatoms. The third-order valence-corrected chi connectivity index (χ3v) is 3.13. The number of carboxylic acid groups (broad SMARTS) is 1. The number of carbonyl (C=O) groups is 1. The van der Waals surface area contributed by atoms with Gasteiger partial charge in [0.05, 0.1) is 18.8 Å². The Morgan fingerprint density at radius 1 is 1.44 bits per heavy atom. The summed E-state index contributed by atoms with van der Waals surface area (Å²) in [4.78, 5) is 10.4. The van der Waals surface area contributed by atoms with Gasteiger partial charge in [0.25, 0.3) is 0 Å². The Hall–Kier alpha value is -0.650. The first-order valence-corrected chi connectivity index (χ1v) is 5.98. The molecule has 3 unspecified atom stereocenters. The molecule has 0 aromatic carbocycles. The number of aliphatic carboxylic acids is 1. The topological polar surface area (TPSA) is 67.8 Å². The molecule has 2 aliphatic heterocycles. The average molecular weight is 229 g/mol. The van der Waals surface area contributed by atoms with Crippen LogP contribution in [0.5, 0.6) is 0 Å². The third-order valence-electron chi connectivity index (χ3n) is 3.13. The lowest BCUT2D eigenvalue weighted by Gasteiger charge is -2.27. The summed E-state index contributed by atoms with van der Waals surface area (Å²) in [6.07, 6.45) is 3.96. The molecule has 0 amide bonds. The number of rotatable bonds is 4. The van der Waals surface area contributed by atoms with Crippen molar-refractivity contribution in [3.05, 3.63) is 0 Å². The lowest BCUT2D eigenvalue weighted by Crippen LogP contribution is -2.43. The van der Waals surface area contributed by atoms with E-state index >= 15 is 0 Å². The fraction of sp³-hybridized carbons (Fsp3) is 0.909. The molecule has 2 aliphatic rings. The van der Waals surface area contributed by atoms with Gasteiger partial charge in [-0.1, -0.05) is 6.42 Å². The molecule has 0 aromatic rings. The highest BCUT2D eigenvalue weighted by molar-refractivity contribution is 5.66. The van der Waals surface area contributed by atoms with E-state index in [0.29, 0.717) is 13.0 Å². The lowest BCUT2D eigenvalue weighted by molar-refractivity contribution is -0.138. The predicted octanol–water partition coefficient (Wildman–Crippen LogP) is 0.735. The SMILES string of the molecule is O=C(O)CCC1COC(C2CCCCN2)O1. The summed E-state index contributed by atoms with van der Waals surface area (Å²) in [5.41, 5.74) is 0. The molecule has 5 nitrogen and oxygen atoms in total. The van der Waals surface area contributed by atoms with Crippen LogP contribution in [0.1, 0.15) is 32.1 Å². The van der Waals surface area contributed by atoms with Crippen LogP contribution in [-0.2, 0) is 14.3 Å². The minimum atomic E-state index is -0.775. The highest BCUT2D eigenvalue weighted by Crippen LogP contribution is 2.22. The predicted molar refractivity (Wildman–Crippen MR) is 57.1 cm³/mol. The van der Waals surface area contributed by atoms with Gasteiger partial charge in [0.1, 0.15) is 0 Å². The molecule has 2 heterocycles. The third kappa shape index (κ3) is 3.17. The molecule has 0 bridgehead atoms. The van der Waals surface area contributed by atoms with E-state index in [1.54, 1.807) is 0 Å². The second-order valence-electron chi connectivity index (χ2n) is 4.45. The van der Waals surface area contributed by atoms with Crippen molar-refractivity contribution in [3.63, 3.8) is 0 Å². The van der Waals surface area contributed by atoms with E-state index in [1.165, 1.54) is 12.8 Å². The van der Waals surface area contributed by atoms with Crippen molar-refractivity contribution in [1.82, 2.24) is 5.32 Å². The molecule has 2 fully saturated rings. The molecule has 92 valence electrons. The standard InChI is InChI=1S/C11H19NO4/c13-10(14)5-4-8-7-15-11(16-8)9-3-1-2-6-12-9/h8-9,11-12H,1-7H2,(H,13,14). The van der Waals surface area contributed by atoms with E-state index < -0.39 is 5.97 Å². The number of ether oxygens (including phenoxy) is 2. The molecule has 2 N–H and O–H groups in total. The number of carboxylic acids is 1. The van der Waals surface area contributed by atoms with Gasteiger partial charge in [-0.3, -0.25) is 4.79 Å². The second-order valence-corrected chi connectivity index (χ2v) is 4.45. The molecule has 0 aliphatic carbocycles. The molecule has 2 saturated heterocycles. The average Bonchev–Trinajstić information content (AvgIpc) is 2.76. The Morgan fingerprint density at radius 3 is 3.00 bits per heavy atom.